The zero-order valence-corrected chi connectivity index (χ0v) is 15.2. The van der Waals surface area contributed by atoms with Gasteiger partial charge in [-0.15, -0.1) is 0 Å². The number of halogens is 1. The van der Waals surface area contributed by atoms with Crippen molar-refractivity contribution in [2.75, 3.05) is 12.4 Å². The van der Waals surface area contributed by atoms with E-state index in [-0.39, 0.29) is 17.5 Å². The minimum Gasteiger partial charge on any atom is -0.326 e. The van der Waals surface area contributed by atoms with Gasteiger partial charge in [0.05, 0.1) is 19.0 Å². The molecule has 1 heterocycles. The van der Waals surface area contributed by atoms with Gasteiger partial charge < -0.3 is 10.2 Å². The highest BCUT2D eigenvalue weighted by atomic mass is 35.5. The molecule has 1 aliphatic heterocycles. The Labute approximate surface area is 148 Å². The van der Waals surface area contributed by atoms with Crippen LogP contribution in [-0.2, 0) is 11.2 Å². The Morgan fingerprint density at radius 3 is 2.58 bits per heavy atom. The first-order chi connectivity index (χ1) is 11.4. The minimum atomic E-state index is 0.0363. The van der Waals surface area contributed by atoms with Crippen LogP contribution in [-0.4, -0.2) is 18.5 Å². The molecule has 2 aromatic carbocycles. The highest BCUT2D eigenvalue weighted by molar-refractivity contribution is 6.30. The fraction of sp³-hybridized carbons (Fsp3) is 0.350. The molecule has 4 heteroatoms. The van der Waals surface area contributed by atoms with Crippen LogP contribution in [0.3, 0.4) is 0 Å². The predicted molar refractivity (Wildman–Crippen MR) is 98.6 cm³/mol. The van der Waals surface area contributed by atoms with Crippen molar-refractivity contribution in [1.82, 2.24) is 0 Å². The van der Waals surface area contributed by atoms with E-state index in [2.05, 4.69) is 50.5 Å². The normalized spacial score (nSPS) is 21.8. The Morgan fingerprint density at radius 2 is 1.88 bits per heavy atom. The van der Waals surface area contributed by atoms with Gasteiger partial charge in [-0.1, -0.05) is 35.9 Å². The first-order valence-corrected chi connectivity index (χ1v) is 8.72. The van der Waals surface area contributed by atoms with Crippen LogP contribution in [0.5, 0.6) is 0 Å². The molecule has 1 aliphatic rings. The molecule has 0 aliphatic carbocycles. The number of likely N-dealkylation sites (N-methyl/N-ethyl adjacent to an activating group) is 1. The van der Waals surface area contributed by atoms with Gasteiger partial charge in [-0.2, -0.15) is 0 Å². The van der Waals surface area contributed by atoms with Gasteiger partial charge in [0.25, 0.3) is 0 Å². The second-order valence-corrected chi connectivity index (χ2v) is 7.69. The first-order valence-electron chi connectivity index (χ1n) is 8.34. The molecule has 1 unspecified atom stereocenters. The van der Waals surface area contributed by atoms with Gasteiger partial charge in [0, 0.05) is 22.7 Å². The summed E-state index contributed by atoms with van der Waals surface area (Å²) in [6.45, 7) is 4.53. The topological polar surface area (TPSA) is 33.5 Å². The van der Waals surface area contributed by atoms with Crippen LogP contribution in [0.2, 0.25) is 5.02 Å². The van der Waals surface area contributed by atoms with Crippen molar-refractivity contribution in [2.45, 2.75) is 38.3 Å². The second-order valence-electron chi connectivity index (χ2n) is 7.25. The Hall–Kier alpha value is -1.84. The lowest BCUT2D eigenvalue weighted by atomic mass is 9.81. The van der Waals surface area contributed by atoms with Crippen LogP contribution in [0.25, 0.3) is 0 Å². The van der Waals surface area contributed by atoms with Crippen molar-refractivity contribution in [2.24, 2.45) is 0 Å². The molecule has 0 saturated carbocycles. The van der Waals surface area contributed by atoms with Crippen LogP contribution in [0.1, 0.15) is 37.4 Å². The SMILES string of the molecule is C[NH+]1[C@H](CC(=O)Nc2ccc(Cl)cc2)c2ccccc2CC1(C)C. The zero-order valence-electron chi connectivity index (χ0n) is 14.4. The molecule has 3 rings (SSSR count). The summed E-state index contributed by atoms with van der Waals surface area (Å²) in [5.41, 5.74) is 3.54. The predicted octanol–water partition coefficient (Wildman–Crippen LogP) is 3.26. The number of hydrogen-bond acceptors (Lipinski definition) is 1. The molecule has 2 aromatic rings. The number of quaternary nitrogens is 1. The summed E-state index contributed by atoms with van der Waals surface area (Å²) in [4.78, 5) is 14.0. The molecule has 1 amide bonds. The van der Waals surface area contributed by atoms with E-state index >= 15 is 0 Å². The Morgan fingerprint density at radius 1 is 1.21 bits per heavy atom. The molecular weight excluding hydrogens is 320 g/mol. The molecule has 24 heavy (non-hydrogen) atoms. The third-order valence-corrected chi connectivity index (χ3v) is 5.42. The molecule has 0 bridgehead atoms. The highest BCUT2D eigenvalue weighted by Gasteiger charge is 2.41. The van der Waals surface area contributed by atoms with Crippen LogP contribution in [0, 0.1) is 0 Å². The van der Waals surface area contributed by atoms with E-state index in [1.54, 1.807) is 12.1 Å². The van der Waals surface area contributed by atoms with Crippen molar-refractivity contribution in [3.8, 4) is 0 Å². The third kappa shape index (κ3) is 3.47. The van der Waals surface area contributed by atoms with Crippen molar-refractivity contribution in [3.63, 3.8) is 0 Å². The average molecular weight is 344 g/mol. The molecule has 0 fully saturated rings. The fourth-order valence-corrected chi connectivity index (χ4v) is 3.68. The maximum Gasteiger partial charge on any atom is 0.230 e. The number of anilines is 1. The molecule has 0 aromatic heterocycles. The van der Waals surface area contributed by atoms with E-state index in [1.807, 2.05) is 12.1 Å². The Balaban J connectivity index is 1.80. The van der Waals surface area contributed by atoms with Gasteiger partial charge in [-0.25, -0.2) is 0 Å². The van der Waals surface area contributed by atoms with Crippen LogP contribution < -0.4 is 10.2 Å². The van der Waals surface area contributed by atoms with E-state index in [4.69, 9.17) is 11.6 Å². The van der Waals surface area contributed by atoms with Gasteiger partial charge in [-0.3, -0.25) is 4.79 Å². The molecule has 2 atom stereocenters. The average Bonchev–Trinajstić information content (AvgIpc) is 2.54. The molecule has 126 valence electrons. The quantitative estimate of drug-likeness (QED) is 0.881. The maximum absolute atomic E-state index is 12.6. The van der Waals surface area contributed by atoms with E-state index in [0.29, 0.717) is 11.4 Å². The van der Waals surface area contributed by atoms with Crippen LogP contribution >= 0.6 is 11.6 Å². The number of amides is 1. The number of hydrogen-bond donors (Lipinski definition) is 2. The molecule has 2 N–H and O–H groups in total. The minimum absolute atomic E-state index is 0.0363. The molecule has 3 nitrogen and oxygen atoms in total. The molecule has 0 radical (unpaired) electrons. The number of rotatable bonds is 3. The number of carbonyl (C=O) groups excluding carboxylic acids is 1. The van der Waals surface area contributed by atoms with Crippen LogP contribution in [0.15, 0.2) is 48.5 Å². The standard InChI is InChI=1S/C20H23ClN2O/c1-20(2)13-14-6-4-5-7-17(14)18(23(20)3)12-19(24)22-16-10-8-15(21)9-11-16/h4-11,18H,12-13H2,1-3H3,(H,22,24)/p+1/t18-/m1/s1. The fourth-order valence-electron chi connectivity index (χ4n) is 3.55. The van der Waals surface area contributed by atoms with Gasteiger partial charge >= 0.3 is 0 Å². The lowest BCUT2D eigenvalue weighted by molar-refractivity contribution is -0.962. The number of nitrogens with one attached hydrogen (secondary N) is 2. The summed E-state index contributed by atoms with van der Waals surface area (Å²) in [6.07, 6.45) is 1.50. The zero-order chi connectivity index (χ0) is 17.3. The number of benzene rings is 2. The van der Waals surface area contributed by atoms with Crippen molar-refractivity contribution in [1.29, 1.82) is 0 Å². The molecule has 0 spiro atoms. The summed E-state index contributed by atoms with van der Waals surface area (Å²) in [5.74, 6) is 0.0363. The van der Waals surface area contributed by atoms with Gasteiger partial charge in [0.15, 0.2) is 0 Å². The van der Waals surface area contributed by atoms with Gasteiger partial charge in [0.1, 0.15) is 6.04 Å². The highest BCUT2D eigenvalue weighted by Crippen LogP contribution is 2.28. The maximum atomic E-state index is 12.6. The van der Waals surface area contributed by atoms with Crippen molar-refractivity contribution in [3.05, 3.63) is 64.7 Å². The monoisotopic (exact) mass is 343 g/mol. The number of fused-ring (bicyclic) bond motifs is 1. The largest absolute Gasteiger partial charge is 0.326 e. The van der Waals surface area contributed by atoms with E-state index in [1.165, 1.54) is 16.0 Å². The summed E-state index contributed by atoms with van der Waals surface area (Å²) in [7, 11) is 2.19. The third-order valence-electron chi connectivity index (χ3n) is 5.17. The van der Waals surface area contributed by atoms with Crippen molar-refractivity contribution >= 4 is 23.2 Å². The smallest absolute Gasteiger partial charge is 0.230 e. The first kappa shape index (κ1) is 17.0. The van der Waals surface area contributed by atoms with Crippen LogP contribution in [0.4, 0.5) is 5.69 Å². The number of carbonyl (C=O) groups is 1. The van der Waals surface area contributed by atoms with Gasteiger partial charge in [-0.05, 0) is 43.7 Å². The Bertz CT molecular complexity index is 740. The molecular formula is C20H24ClN2O+. The second kappa shape index (κ2) is 6.58. The Kier molecular flexibility index (Phi) is 4.66. The van der Waals surface area contributed by atoms with E-state index in [0.717, 1.165) is 12.1 Å². The van der Waals surface area contributed by atoms with E-state index in [9.17, 15) is 4.79 Å². The summed E-state index contributed by atoms with van der Waals surface area (Å²) < 4.78 is 0. The summed E-state index contributed by atoms with van der Waals surface area (Å²) >= 11 is 5.89. The summed E-state index contributed by atoms with van der Waals surface area (Å²) in [5, 5.41) is 3.65. The lowest BCUT2D eigenvalue weighted by Gasteiger charge is -2.43. The lowest BCUT2D eigenvalue weighted by Crippen LogP contribution is -3.18. The molecule has 0 saturated heterocycles. The van der Waals surface area contributed by atoms with Crippen molar-refractivity contribution < 1.29 is 9.69 Å². The summed E-state index contributed by atoms with van der Waals surface area (Å²) in [6, 6.07) is 15.9. The van der Waals surface area contributed by atoms with Gasteiger partial charge in [0.2, 0.25) is 5.91 Å². The van der Waals surface area contributed by atoms with E-state index < -0.39 is 0 Å².